The summed E-state index contributed by atoms with van der Waals surface area (Å²) in [6, 6.07) is 5.52. The normalized spacial score (nSPS) is 14.2. The largest absolute Gasteiger partial charge is 0.352 e. The molecule has 1 fully saturated rings. The number of likely N-dealkylation sites (tertiary alicyclic amines) is 1. The number of rotatable bonds is 6. The molecular weight excluding hydrogens is 318 g/mol. The Labute approximate surface area is 147 Å². The maximum atomic E-state index is 12.2. The standard InChI is InChI=1S/C18H23N5O2/c1-13-11-14(2)23(21-13)16-7-6-15(12-20-16)18(25)19-8-4-10-22-9-3-5-17(22)24/h6-7,11-12H,3-5,8-10H2,1-2H3,(H,19,25). The summed E-state index contributed by atoms with van der Waals surface area (Å²) in [5.74, 6) is 0.755. The molecule has 1 saturated heterocycles. The summed E-state index contributed by atoms with van der Waals surface area (Å²) in [5, 5.41) is 7.25. The fourth-order valence-corrected chi connectivity index (χ4v) is 3.02. The zero-order valence-electron chi connectivity index (χ0n) is 14.7. The Balaban J connectivity index is 1.50. The second-order valence-electron chi connectivity index (χ2n) is 6.34. The van der Waals surface area contributed by atoms with Gasteiger partial charge in [-0.25, -0.2) is 9.67 Å². The van der Waals surface area contributed by atoms with Crippen molar-refractivity contribution in [3.8, 4) is 5.82 Å². The number of carbonyl (C=O) groups is 2. The Morgan fingerprint density at radius 3 is 2.76 bits per heavy atom. The van der Waals surface area contributed by atoms with Gasteiger partial charge in [0.1, 0.15) is 0 Å². The number of nitrogens with one attached hydrogen (secondary N) is 1. The third kappa shape index (κ3) is 4.04. The maximum absolute atomic E-state index is 12.2. The Bertz CT molecular complexity index is 766. The van der Waals surface area contributed by atoms with Gasteiger partial charge in [-0.3, -0.25) is 9.59 Å². The van der Waals surface area contributed by atoms with Gasteiger partial charge in [0.05, 0.1) is 11.3 Å². The van der Waals surface area contributed by atoms with Crippen molar-refractivity contribution in [3.63, 3.8) is 0 Å². The molecule has 132 valence electrons. The number of pyridine rings is 1. The van der Waals surface area contributed by atoms with Gasteiger partial charge < -0.3 is 10.2 Å². The lowest BCUT2D eigenvalue weighted by atomic mass is 10.2. The number of amides is 2. The first-order chi connectivity index (χ1) is 12.0. The monoisotopic (exact) mass is 341 g/mol. The van der Waals surface area contributed by atoms with Crippen molar-refractivity contribution in [3.05, 3.63) is 41.3 Å². The van der Waals surface area contributed by atoms with E-state index in [0.717, 1.165) is 30.8 Å². The van der Waals surface area contributed by atoms with Crippen molar-refractivity contribution in [2.24, 2.45) is 0 Å². The van der Waals surface area contributed by atoms with Gasteiger partial charge in [0.2, 0.25) is 5.91 Å². The first kappa shape index (κ1) is 17.1. The van der Waals surface area contributed by atoms with Crippen LogP contribution in [0.25, 0.3) is 5.82 Å². The highest BCUT2D eigenvalue weighted by atomic mass is 16.2. The Hall–Kier alpha value is -2.70. The molecule has 2 aromatic rings. The van der Waals surface area contributed by atoms with Crippen LogP contribution in [0.1, 0.15) is 41.0 Å². The zero-order valence-corrected chi connectivity index (χ0v) is 14.7. The lowest BCUT2D eigenvalue weighted by Gasteiger charge is -2.15. The van der Waals surface area contributed by atoms with Crippen LogP contribution in [0.2, 0.25) is 0 Å². The second kappa shape index (κ2) is 7.46. The summed E-state index contributed by atoms with van der Waals surface area (Å²) in [4.78, 5) is 29.9. The van der Waals surface area contributed by atoms with E-state index >= 15 is 0 Å². The molecule has 2 aromatic heterocycles. The predicted molar refractivity (Wildman–Crippen MR) is 93.6 cm³/mol. The molecule has 1 aliphatic rings. The number of hydrogen-bond donors (Lipinski definition) is 1. The van der Waals surface area contributed by atoms with Gasteiger partial charge in [-0.2, -0.15) is 5.10 Å². The number of hydrogen-bond acceptors (Lipinski definition) is 4. The van der Waals surface area contributed by atoms with E-state index in [9.17, 15) is 9.59 Å². The number of aryl methyl sites for hydroxylation is 2. The van der Waals surface area contributed by atoms with E-state index in [2.05, 4.69) is 15.4 Å². The molecule has 0 unspecified atom stereocenters. The van der Waals surface area contributed by atoms with Crippen LogP contribution in [0.3, 0.4) is 0 Å². The van der Waals surface area contributed by atoms with Crippen molar-refractivity contribution in [2.75, 3.05) is 19.6 Å². The number of carbonyl (C=O) groups excluding carboxylic acids is 2. The van der Waals surface area contributed by atoms with E-state index < -0.39 is 0 Å². The van der Waals surface area contributed by atoms with E-state index in [1.807, 2.05) is 24.8 Å². The van der Waals surface area contributed by atoms with Gasteiger partial charge in [-0.05, 0) is 44.9 Å². The lowest BCUT2D eigenvalue weighted by molar-refractivity contribution is -0.127. The molecule has 0 saturated carbocycles. The third-order valence-corrected chi connectivity index (χ3v) is 4.30. The number of nitrogens with zero attached hydrogens (tertiary/aromatic N) is 4. The molecule has 25 heavy (non-hydrogen) atoms. The lowest BCUT2D eigenvalue weighted by Crippen LogP contribution is -2.30. The molecule has 0 aliphatic carbocycles. The van der Waals surface area contributed by atoms with Crippen molar-refractivity contribution >= 4 is 11.8 Å². The molecule has 1 N–H and O–H groups in total. The minimum Gasteiger partial charge on any atom is -0.352 e. The first-order valence-electron chi connectivity index (χ1n) is 8.60. The van der Waals surface area contributed by atoms with Crippen LogP contribution in [0.4, 0.5) is 0 Å². The summed E-state index contributed by atoms with van der Waals surface area (Å²) < 4.78 is 1.75. The smallest absolute Gasteiger partial charge is 0.252 e. The molecule has 0 aromatic carbocycles. The molecule has 3 heterocycles. The molecule has 1 aliphatic heterocycles. The van der Waals surface area contributed by atoms with Crippen LogP contribution >= 0.6 is 0 Å². The van der Waals surface area contributed by atoms with E-state index in [-0.39, 0.29) is 11.8 Å². The molecule has 0 spiro atoms. The highest BCUT2D eigenvalue weighted by Gasteiger charge is 2.19. The minimum absolute atomic E-state index is 0.153. The van der Waals surface area contributed by atoms with Crippen LogP contribution in [-0.2, 0) is 4.79 Å². The van der Waals surface area contributed by atoms with Crippen LogP contribution in [0.5, 0.6) is 0 Å². The average Bonchev–Trinajstić information content (AvgIpc) is 3.16. The fraction of sp³-hybridized carbons (Fsp3) is 0.444. The van der Waals surface area contributed by atoms with Gasteiger partial charge >= 0.3 is 0 Å². The molecule has 2 amide bonds. The summed E-state index contributed by atoms with van der Waals surface area (Å²) in [6.07, 6.45) is 3.91. The molecule has 0 bridgehead atoms. The van der Waals surface area contributed by atoms with Crippen molar-refractivity contribution < 1.29 is 9.59 Å². The maximum Gasteiger partial charge on any atom is 0.252 e. The molecule has 0 radical (unpaired) electrons. The first-order valence-corrected chi connectivity index (χ1v) is 8.60. The van der Waals surface area contributed by atoms with E-state index in [0.29, 0.717) is 30.9 Å². The molecule has 7 nitrogen and oxygen atoms in total. The topological polar surface area (TPSA) is 80.1 Å². The molecule has 7 heteroatoms. The van der Waals surface area contributed by atoms with E-state index in [4.69, 9.17) is 0 Å². The predicted octanol–water partition coefficient (Wildman–Crippen LogP) is 1.63. The second-order valence-corrected chi connectivity index (χ2v) is 6.34. The van der Waals surface area contributed by atoms with Crippen molar-refractivity contribution in [2.45, 2.75) is 33.1 Å². The quantitative estimate of drug-likeness (QED) is 0.810. The van der Waals surface area contributed by atoms with Gasteiger partial charge in [-0.1, -0.05) is 0 Å². The average molecular weight is 341 g/mol. The minimum atomic E-state index is -0.153. The molecule has 0 atom stereocenters. The van der Waals surface area contributed by atoms with Crippen LogP contribution in [0.15, 0.2) is 24.4 Å². The van der Waals surface area contributed by atoms with Crippen molar-refractivity contribution in [1.82, 2.24) is 25.0 Å². The van der Waals surface area contributed by atoms with Gasteiger partial charge in [0.15, 0.2) is 5.82 Å². The van der Waals surface area contributed by atoms with E-state index in [1.54, 1.807) is 23.0 Å². The number of aromatic nitrogens is 3. The highest BCUT2D eigenvalue weighted by Crippen LogP contribution is 2.11. The molecule has 3 rings (SSSR count). The Morgan fingerprint density at radius 2 is 2.16 bits per heavy atom. The molecular formula is C18H23N5O2. The summed E-state index contributed by atoms with van der Waals surface area (Å²) >= 11 is 0. The van der Waals surface area contributed by atoms with Crippen LogP contribution < -0.4 is 5.32 Å². The Morgan fingerprint density at radius 1 is 1.32 bits per heavy atom. The summed E-state index contributed by atoms with van der Waals surface area (Å²) in [7, 11) is 0. The third-order valence-electron chi connectivity index (χ3n) is 4.30. The van der Waals surface area contributed by atoms with E-state index in [1.165, 1.54) is 0 Å². The highest BCUT2D eigenvalue weighted by molar-refractivity contribution is 5.93. The van der Waals surface area contributed by atoms with Crippen molar-refractivity contribution in [1.29, 1.82) is 0 Å². The van der Waals surface area contributed by atoms with Gasteiger partial charge in [0, 0.05) is 37.9 Å². The summed E-state index contributed by atoms with van der Waals surface area (Å²) in [6.45, 7) is 5.98. The fourth-order valence-electron chi connectivity index (χ4n) is 3.02. The van der Waals surface area contributed by atoms with Gasteiger partial charge in [-0.15, -0.1) is 0 Å². The van der Waals surface area contributed by atoms with Gasteiger partial charge in [0.25, 0.3) is 5.91 Å². The zero-order chi connectivity index (χ0) is 17.8. The van der Waals surface area contributed by atoms with Crippen LogP contribution in [-0.4, -0.2) is 51.1 Å². The van der Waals surface area contributed by atoms with Crippen LogP contribution in [0, 0.1) is 13.8 Å². The Kier molecular flexibility index (Phi) is 5.11. The SMILES string of the molecule is Cc1cc(C)n(-c2ccc(C(=O)NCCCN3CCCC3=O)cn2)n1. The summed E-state index contributed by atoms with van der Waals surface area (Å²) in [5.41, 5.74) is 2.44.